The van der Waals surface area contributed by atoms with E-state index >= 15 is 0 Å². The molecule has 2 saturated heterocycles. The summed E-state index contributed by atoms with van der Waals surface area (Å²) in [7, 11) is 0. The van der Waals surface area contributed by atoms with Gasteiger partial charge in [0.15, 0.2) is 0 Å². The Bertz CT molecular complexity index is 801. The van der Waals surface area contributed by atoms with E-state index in [0.717, 1.165) is 36.9 Å². The number of anilines is 1. The van der Waals surface area contributed by atoms with E-state index in [9.17, 15) is 14.4 Å². The first kappa shape index (κ1) is 20.0. The summed E-state index contributed by atoms with van der Waals surface area (Å²) in [6, 6.07) is 5.67. The van der Waals surface area contributed by atoms with Crippen molar-refractivity contribution in [2.24, 2.45) is 0 Å². The van der Waals surface area contributed by atoms with Crippen LogP contribution in [-0.2, 0) is 14.3 Å². The molecule has 3 aliphatic rings. The van der Waals surface area contributed by atoms with Crippen LogP contribution in [0.2, 0.25) is 5.02 Å². The highest BCUT2D eigenvalue weighted by molar-refractivity contribution is 6.34. The summed E-state index contributed by atoms with van der Waals surface area (Å²) in [4.78, 5) is 39.9. The lowest BCUT2D eigenvalue weighted by Gasteiger charge is -2.37. The first-order valence-electron chi connectivity index (χ1n) is 10.4. The van der Waals surface area contributed by atoms with Crippen LogP contribution in [0.25, 0.3) is 0 Å². The van der Waals surface area contributed by atoms with Crippen LogP contribution in [0, 0.1) is 0 Å². The average Bonchev–Trinajstić information content (AvgIpc) is 3.22. The number of nitrogens with zero attached hydrogens (tertiary/aromatic N) is 2. The molecule has 3 amide bonds. The van der Waals surface area contributed by atoms with E-state index in [2.05, 4.69) is 10.2 Å². The second kappa shape index (κ2) is 8.61. The summed E-state index contributed by atoms with van der Waals surface area (Å²) in [6.07, 6.45) is 4.83. The monoisotopic (exact) mass is 419 g/mol. The second-order valence-corrected chi connectivity index (χ2v) is 8.33. The molecule has 0 aromatic heterocycles. The Morgan fingerprint density at radius 3 is 2.48 bits per heavy atom. The van der Waals surface area contributed by atoms with Gasteiger partial charge in [0.05, 0.1) is 16.6 Å². The van der Waals surface area contributed by atoms with Crippen LogP contribution in [0.1, 0.15) is 50.0 Å². The molecule has 0 radical (unpaired) electrons. The van der Waals surface area contributed by atoms with Crippen LogP contribution >= 0.6 is 11.6 Å². The summed E-state index contributed by atoms with van der Waals surface area (Å²) in [5, 5.41) is 2.94. The molecule has 0 spiro atoms. The number of piperazine rings is 1. The van der Waals surface area contributed by atoms with Gasteiger partial charge < -0.3 is 14.5 Å². The van der Waals surface area contributed by atoms with Crippen molar-refractivity contribution in [3.8, 4) is 0 Å². The van der Waals surface area contributed by atoms with E-state index in [1.165, 1.54) is 0 Å². The smallest absolute Gasteiger partial charge is 0.410 e. The van der Waals surface area contributed by atoms with E-state index in [1.807, 2.05) is 18.2 Å². The Morgan fingerprint density at radius 2 is 1.79 bits per heavy atom. The Balaban J connectivity index is 1.40. The third-order valence-electron chi connectivity index (χ3n) is 6.07. The number of amides is 3. The van der Waals surface area contributed by atoms with Gasteiger partial charge in [-0.2, -0.15) is 0 Å². The van der Waals surface area contributed by atoms with E-state index in [4.69, 9.17) is 16.3 Å². The minimum Gasteiger partial charge on any atom is -0.446 e. The SMILES string of the molecule is O=C1CCC(c2cccc(N3CCN(C(=O)OC4CCCC4)CC3)c2Cl)C(=O)N1. The summed E-state index contributed by atoms with van der Waals surface area (Å²) >= 11 is 6.68. The van der Waals surface area contributed by atoms with Gasteiger partial charge in [0.1, 0.15) is 6.10 Å². The number of hydrogen-bond donors (Lipinski definition) is 1. The lowest BCUT2D eigenvalue weighted by Crippen LogP contribution is -2.49. The molecule has 1 atom stereocenters. The number of carbonyl (C=O) groups excluding carboxylic acids is 3. The van der Waals surface area contributed by atoms with Crippen molar-refractivity contribution in [3.63, 3.8) is 0 Å². The highest BCUT2D eigenvalue weighted by Gasteiger charge is 2.31. The largest absolute Gasteiger partial charge is 0.446 e. The molecular formula is C21H26ClN3O4. The third-order valence-corrected chi connectivity index (χ3v) is 6.48. The van der Waals surface area contributed by atoms with E-state index in [-0.39, 0.29) is 24.0 Å². The second-order valence-electron chi connectivity index (χ2n) is 7.95. The van der Waals surface area contributed by atoms with Crippen molar-refractivity contribution < 1.29 is 19.1 Å². The normalized spacial score (nSPS) is 23.3. The van der Waals surface area contributed by atoms with Crippen molar-refractivity contribution in [1.82, 2.24) is 10.2 Å². The predicted molar refractivity (Wildman–Crippen MR) is 109 cm³/mol. The molecular weight excluding hydrogens is 394 g/mol. The summed E-state index contributed by atoms with van der Waals surface area (Å²) in [5.41, 5.74) is 1.61. The molecule has 1 aromatic rings. The molecule has 1 N–H and O–H groups in total. The molecule has 156 valence electrons. The quantitative estimate of drug-likeness (QED) is 0.762. The Morgan fingerprint density at radius 1 is 1.07 bits per heavy atom. The van der Waals surface area contributed by atoms with E-state index in [1.54, 1.807) is 4.90 Å². The highest BCUT2D eigenvalue weighted by Crippen LogP contribution is 2.37. The van der Waals surface area contributed by atoms with Gasteiger partial charge in [0, 0.05) is 32.6 Å². The standard InChI is InChI=1S/C21H26ClN3O4/c22-19-15(16-8-9-18(26)23-20(16)27)6-3-7-17(19)24-10-12-25(13-11-24)21(28)29-14-4-1-2-5-14/h3,6-7,14,16H,1-2,4-5,8-13H2,(H,23,26,27). The molecule has 2 aliphatic heterocycles. The number of halogens is 1. The number of piperidine rings is 1. The lowest BCUT2D eigenvalue weighted by atomic mass is 9.90. The number of rotatable bonds is 3. The van der Waals surface area contributed by atoms with E-state index in [0.29, 0.717) is 44.0 Å². The number of imide groups is 1. The fourth-order valence-electron chi connectivity index (χ4n) is 4.39. The Kier molecular flexibility index (Phi) is 5.94. The molecule has 29 heavy (non-hydrogen) atoms. The van der Waals surface area contributed by atoms with Gasteiger partial charge in [-0.15, -0.1) is 0 Å². The zero-order valence-corrected chi connectivity index (χ0v) is 17.1. The summed E-state index contributed by atoms with van der Waals surface area (Å²) in [6.45, 7) is 2.45. The zero-order chi connectivity index (χ0) is 20.4. The molecule has 4 rings (SSSR count). The van der Waals surface area contributed by atoms with Gasteiger partial charge in [-0.3, -0.25) is 14.9 Å². The predicted octanol–water partition coefficient (Wildman–Crippen LogP) is 3.06. The van der Waals surface area contributed by atoms with Crippen LogP contribution in [0.3, 0.4) is 0 Å². The fourth-order valence-corrected chi connectivity index (χ4v) is 4.77. The zero-order valence-electron chi connectivity index (χ0n) is 16.4. The topological polar surface area (TPSA) is 79.0 Å². The Labute approximate surface area is 175 Å². The van der Waals surface area contributed by atoms with Gasteiger partial charge in [-0.1, -0.05) is 23.7 Å². The Hall–Kier alpha value is -2.28. The van der Waals surface area contributed by atoms with Gasteiger partial charge in [-0.05, 0) is 43.7 Å². The molecule has 1 aliphatic carbocycles. The first-order chi connectivity index (χ1) is 14.0. The molecule has 1 unspecified atom stereocenters. The van der Waals surface area contributed by atoms with E-state index < -0.39 is 5.92 Å². The van der Waals surface area contributed by atoms with Gasteiger partial charge in [-0.25, -0.2) is 4.79 Å². The van der Waals surface area contributed by atoms with Crippen LogP contribution in [0.5, 0.6) is 0 Å². The van der Waals surface area contributed by atoms with Crippen LogP contribution < -0.4 is 10.2 Å². The lowest BCUT2D eigenvalue weighted by molar-refractivity contribution is -0.134. The van der Waals surface area contributed by atoms with Gasteiger partial charge in [0.25, 0.3) is 0 Å². The molecule has 0 bridgehead atoms. The third kappa shape index (κ3) is 4.34. The summed E-state index contributed by atoms with van der Waals surface area (Å²) < 4.78 is 5.60. The number of benzene rings is 1. The van der Waals surface area contributed by atoms with Crippen molar-refractivity contribution >= 4 is 35.2 Å². The van der Waals surface area contributed by atoms with Crippen molar-refractivity contribution in [3.05, 3.63) is 28.8 Å². The van der Waals surface area contributed by atoms with Crippen LogP contribution in [-0.4, -0.2) is 55.1 Å². The molecule has 8 heteroatoms. The fraction of sp³-hybridized carbons (Fsp3) is 0.571. The average molecular weight is 420 g/mol. The molecule has 1 aromatic carbocycles. The minimum absolute atomic E-state index is 0.0696. The van der Waals surface area contributed by atoms with Crippen LogP contribution in [0.4, 0.5) is 10.5 Å². The minimum atomic E-state index is -0.414. The number of nitrogens with one attached hydrogen (secondary N) is 1. The maximum Gasteiger partial charge on any atom is 0.410 e. The summed E-state index contributed by atoms with van der Waals surface area (Å²) in [5.74, 6) is -0.943. The number of carbonyl (C=O) groups is 3. The van der Waals surface area contributed by atoms with Gasteiger partial charge in [0.2, 0.25) is 11.8 Å². The molecule has 2 heterocycles. The van der Waals surface area contributed by atoms with Crippen molar-refractivity contribution in [2.45, 2.75) is 50.5 Å². The maximum atomic E-state index is 12.4. The van der Waals surface area contributed by atoms with Gasteiger partial charge >= 0.3 is 6.09 Å². The molecule has 7 nitrogen and oxygen atoms in total. The van der Waals surface area contributed by atoms with Crippen molar-refractivity contribution in [1.29, 1.82) is 0 Å². The number of hydrogen-bond acceptors (Lipinski definition) is 5. The highest BCUT2D eigenvalue weighted by atomic mass is 35.5. The van der Waals surface area contributed by atoms with Crippen LogP contribution in [0.15, 0.2) is 18.2 Å². The maximum absolute atomic E-state index is 12.4. The first-order valence-corrected chi connectivity index (χ1v) is 10.7. The molecule has 3 fully saturated rings. The molecule has 1 saturated carbocycles. The number of ether oxygens (including phenoxy) is 1. The van der Waals surface area contributed by atoms with Crippen molar-refractivity contribution in [2.75, 3.05) is 31.1 Å².